The molecule has 3 nitrogen and oxygen atoms in total. The van der Waals surface area contributed by atoms with E-state index < -0.39 is 0 Å². The van der Waals surface area contributed by atoms with E-state index in [9.17, 15) is 4.79 Å². The molecule has 1 amide bonds. The highest BCUT2D eigenvalue weighted by Crippen LogP contribution is 2.22. The van der Waals surface area contributed by atoms with E-state index in [4.69, 9.17) is 0 Å². The van der Waals surface area contributed by atoms with Crippen molar-refractivity contribution in [1.82, 2.24) is 5.32 Å². The van der Waals surface area contributed by atoms with Gasteiger partial charge in [0, 0.05) is 23.8 Å². The number of anilines is 1. The minimum absolute atomic E-state index is 0.0528. The van der Waals surface area contributed by atoms with Gasteiger partial charge in [0.05, 0.1) is 0 Å². The molecule has 3 heteroatoms. The number of aryl methyl sites for hydroxylation is 1. The largest absolute Gasteiger partial charge is 0.385 e. The number of rotatable bonds is 5. The molecule has 2 rings (SSSR count). The Labute approximate surface area is 115 Å². The van der Waals surface area contributed by atoms with E-state index in [1.165, 1.54) is 17.7 Å². The highest BCUT2D eigenvalue weighted by atomic mass is 16.1. The van der Waals surface area contributed by atoms with Crippen molar-refractivity contribution < 1.29 is 4.79 Å². The Kier molecular flexibility index (Phi) is 4.83. The van der Waals surface area contributed by atoms with Gasteiger partial charge in [0.25, 0.3) is 5.91 Å². The lowest BCUT2D eigenvalue weighted by Gasteiger charge is -2.19. The van der Waals surface area contributed by atoms with Gasteiger partial charge in [-0.1, -0.05) is 19.8 Å². The second kappa shape index (κ2) is 6.60. The highest BCUT2D eigenvalue weighted by molar-refractivity contribution is 5.95. The van der Waals surface area contributed by atoms with Crippen molar-refractivity contribution in [2.45, 2.75) is 52.0 Å². The summed E-state index contributed by atoms with van der Waals surface area (Å²) in [4.78, 5) is 12.2. The van der Waals surface area contributed by atoms with Crippen molar-refractivity contribution in [3.05, 3.63) is 29.3 Å². The van der Waals surface area contributed by atoms with Crippen molar-refractivity contribution >= 4 is 11.6 Å². The Bertz CT molecular complexity index is 442. The summed E-state index contributed by atoms with van der Waals surface area (Å²) in [6.07, 6.45) is 5.59. The number of benzene rings is 1. The molecule has 1 atom stereocenters. The summed E-state index contributed by atoms with van der Waals surface area (Å²) in [5, 5.41) is 6.44. The minimum Gasteiger partial charge on any atom is -0.385 e. The number of carbonyl (C=O) groups is 1. The summed E-state index contributed by atoms with van der Waals surface area (Å²) in [5.74, 6) is 0.0528. The van der Waals surface area contributed by atoms with E-state index >= 15 is 0 Å². The maximum atomic E-state index is 12.2. The van der Waals surface area contributed by atoms with Gasteiger partial charge in [-0.05, 0) is 49.9 Å². The Balaban J connectivity index is 1.99. The van der Waals surface area contributed by atoms with Gasteiger partial charge in [-0.25, -0.2) is 0 Å². The molecule has 1 aliphatic heterocycles. The molecular formula is C16H24N2O. The monoisotopic (exact) mass is 260 g/mol. The molecule has 0 aromatic heterocycles. The SMILES string of the molecule is CCCCC(C)NC(=O)c1ccc2c(c1)CCCN2. The first-order valence-electron chi connectivity index (χ1n) is 7.38. The van der Waals surface area contributed by atoms with Crippen molar-refractivity contribution in [3.8, 4) is 0 Å². The Morgan fingerprint density at radius 3 is 3.11 bits per heavy atom. The van der Waals surface area contributed by atoms with Gasteiger partial charge in [0.1, 0.15) is 0 Å². The minimum atomic E-state index is 0.0528. The third-order valence-electron chi connectivity index (χ3n) is 3.67. The fraction of sp³-hybridized carbons (Fsp3) is 0.562. The van der Waals surface area contributed by atoms with Gasteiger partial charge in [-0.15, -0.1) is 0 Å². The molecule has 104 valence electrons. The van der Waals surface area contributed by atoms with Gasteiger partial charge in [0.15, 0.2) is 0 Å². The van der Waals surface area contributed by atoms with E-state index in [0.717, 1.165) is 37.8 Å². The van der Waals surface area contributed by atoms with E-state index in [2.05, 4.69) is 24.5 Å². The van der Waals surface area contributed by atoms with E-state index in [1.807, 2.05) is 18.2 Å². The lowest BCUT2D eigenvalue weighted by Crippen LogP contribution is -2.32. The first kappa shape index (κ1) is 13.9. The molecule has 19 heavy (non-hydrogen) atoms. The van der Waals surface area contributed by atoms with Gasteiger partial charge in [-0.3, -0.25) is 4.79 Å². The molecule has 0 spiro atoms. The van der Waals surface area contributed by atoms with Crippen LogP contribution in [0.2, 0.25) is 0 Å². The lowest BCUT2D eigenvalue weighted by molar-refractivity contribution is 0.0938. The third kappa shape index (κ3) is 3.72. The van der Waals surface area contributed by atoms with Crippen molar-refractivity contribution in [1.29, 1.82) is 0 Å². The quantitative estimate of drug-likeness (QED) is 0.852. The summed E-state index contributed by atoms with van der Waals surface area (Å²) in [7, 11) is 0. The molecule has 1 aliphatic rings. The summed E-state index contributed by atoms with van der Waals surface area (Å²) in [6, 6.07) is 6.23. The maximum absolute atomic E-state index is 12.2. The first-order chi connectivity index (χ1) is 9.20. The molecule has 2 N–H and O–H groups in total. The number of fused-ring (bicyclic) bond motifs is 1. The summed E-state index contributed by atoms with van der Waals surface area (Å²) in [6.45, 7) is 5.28. The van der Waals surface area contributed by atoms with Crippen LogP contribution in [0, 0.1) is 0 Å². The second-order valence-corrected chi connectivity index (χ2v) is 5.42. The van der Waals surface area contributed by atoms with Crippen LogP contribution in [0.3, 0.4) is 0 Å². The Hall–Kier alpha value is -1.51. The molecule has 1 aromatic carbocycles. The Morgan fingerprint density at radius 1 is 1.47 bits per heavy atom. The van der Waals surface area contributed by atoms with E-state index in [-0.39, 0.29) is 11.9 Å². The smallest absolute Gasteiger partial charge is 0.251 e. The van der Waals surface area contributed by atoms with Crippen LogP contribution in [0.4, 0.5) is 5.69 Å². The molecule has 0 radical (unpaired) electrons. The van der Waals surface area contributed by atoms with E-state index in [0.29, 0.717) is 0 Å². The number of hydrogen-bond donors (Lipinski definition) is 2. The standard InChI is InChI=1S/C16H24N2O/c1-3-4-6-12(2)18-16(19)14-8-9-15-13(11-14)7-5-10-17-15/h8-9,11-12,17H,3-7,10H2,1-2H3,(H,18,19). The van der Waals surface area contributed by atoms with Crippen molar-refractivity contribution in [2.75, 3.05) is 11.9 Å². The average molecular weight is 260 g/mol. The predicted octanol–water partition coefficient (Wildman–Crippen LogP) is 3.35. The lowest BCUT2D eigenvalue weighted by atomic mass is 10.0. The Morgan fingerprint density at radius 2 is 2.32 bits per heavy atom. The zero-order chi connectivity index (χ0) is 13.7. The normalized spacial score (nSPS) is 15.3. The van der Waals surface area contributed by atoms with Crippen LogP contribution >= 0.6 is 0 Å². The fourth-order valence-corrected chi connectivity index (χ4v) is 2.51. The molecule has 1 heterocycles. The van der Waals surface area contributed by atoms with Crippen LogP contribution in [-0.4, -0.2) is 18.5 Å². The zero-order valence-corrected chi connectivity index (χ0v) is 12.0. The number of carbonyl (C=O) groups excluding carboxylic acids is 1. The molecule has 0 fully saturated rings. The van der Waals surface area contributed by atoms with Gasteiger partial charge >= 0.3 is 0 Å². The topological polar surface area (TPSA) is 41.1 Å². The summed E-state index contributed by atoms with van der Waals surface area (Å²) >= 11 is 0. The number of amides is 1. The fourth-order valence-electron chi connectivity index (χ4n) is 2.51. The second-order valence-electron chi connectivity index (χ2n) is 5.42. The maximum Gasteiger partial charge on any atom is 0.251 e. The molecule has 1 unspecified atom stereocenters. The highest BCUT2D eigenvalue weighted by Gasteiger charge is 2.13. The van der Waals surface area contributed by atoms with Crippen LogP contribution in [-0.2, 0) is 6.42 Å². The van der Waals surface area contributed by atoms with Gasteiger partial charge in [-0.2, -0.15) is 0 Å². The summed E-state index contributed by atoms with van der Waals surface area (Å²) < 4.78 is 0. The van der Waals surface area contributed by atoms with Crippen LogP contribution in [0.5, 0.6) is 0 Å². The molecule has 0 aliphatic carbocycles. The third-order valence-corrected chi connectivity index (χ3v) is 3.67. The number of nitrogens with one attached hydrogen (secondary N) is 2. The van der Waals surface area contributed by atoms with Crippen molar-refractivity contribution in [3.63, 3.8) is 0 Å². The predicted molar refractivity (Wildman–Crippen MR) is 79.7 cm³/mol. The van der Waals surface area contributed by atoms with Crippen LogP contribution in [0.25, 0.3) is 0 Å². The molecule has 0 bridgehead atoms. The van der Waals surface area contributed by atoms with Crippen LogP contribution < -0.4 is 10.6 Å². The first-order valence-corrected chi connectivity index (χ1v) is 7.38. The molecule has 1 aromatic rings. The van der Waals surface area contributed by atoms with E-state index in [1.54, 1.807) is 0 Å². The zero-order valence-electron chi connectivity index (χ0n) is 12.0. The molecule has 0 saturated carbocycles. The summed E-state index contributed by atoms with van der Waals surface area (Å²) in [5.41, 5.74) is 3.23. The van der Waals surface area contributed by atoms with Crippen molar-refractivity contribution in [2.24, 2.45) is 0 Å². The molecular weight excluding hydrogens is 236 g/mol. The number of unbranched alkanes of at least 4 members (excludes halogenated alkanes) is 1. The van der Waals surface area contributed by atoms with Crippen LogP contribution in [0.15, 0.2) is 18.2 Å². The number of hydrogen-bond acceptors (Lipinski definition) is 2. The average Bonchev–Trinajstić information content (AvgIpc) is 2.44. The van der Waals surface area contributed by atoms with Gasteiger partial charge in [0.2, 0.25) is 0 Å². The molecule has 0 saturated heterocycles. The van der Waals surface area contributed by atoms with Gasteiger partial charge < -0.3 is 10.6 Å². The van der Waals surface area contributed by atoms with Crippen LogP contribution in [0.1, 0.15) is 55.5 Å².